The number of carboxylic acid groups (broad SMARTS) is 1. The zero-order chi connectivity index (χ0) is 40.5. The van der Waals surface area contributed by atoms with E-state index in [-0.39, 0.29) is 44.2 Å². The van der Waals surface area contributed by atoms with Gasteiger partial charge in [0.05, 0.1) is 19.3 Å². The molecule has 5 atom stereocenters. The van der Waals surface area contributed by atoms with Crippen LogP contribution in [0.4, 0.5) is 0 Å². The van der Waals surface area contributed by atoms with E-state index >= 15 is 0 Å². The van der Waals surface area contributed by atoms with Crippen molar-refractivity contribution in [2.24, 2.45) is 5.92 Å². The fourth-order valence-electron chi connectivity index (χ4n) is 7.18. The Morgan fingerprint density at radius 1 is 0.857 bits per heavy atom. The van der Waals surface area contributed by atoms with E-state index in [4.69, 9.17) is 9.31 Å². The van der Waals surface area contributed by atoms with E-state index in [0.29, 0.717) is 61.6 Å². The number of hydrogen-bond acceptors (Lipinski definition) is 11. The molecule has 5 amide bonds. The van der Waals surface area contributed by atoms with Gasteiger partial charge in [0.1, 0.15) is 12.1 Å². The van der Waals surface area contributed by atoms with Crippen molar-refractivity contribution in [2.45, 2.75) is 96.2 Å². The highest BCUT2D eigenvalue weighted by Crippen LogP contribution is 2.24. The lowest BCUT2D eigenvalue weighted by atomic mass is 9.78. The highest BCUT2D eigenvalue weighted by atomic mass is 16.5. The number of rotatable bonds is 18. The number of carbonyl (C=O) groups is 6. The molecule has 5 rings (SSSR count). The highest BCUT2D eigenvalue weighted by molar-refractivity contribution is 6.62. The van der Waals surface area contributed by atoms with Crippen molar-refractivity contribution in [3.8, 4) is 0 Å². The van der Waals surface area contributed by atoms with Gasteiger partial charge in [-0.2, -0.15) is 0 Å². The molecule has 1 saturated heterocycles. The Morgan fingerprint density at radius 3 is 2.07 bits per heavy atom. The fourth-order valence-corrected chi connectivity index (χ4v) is 7.18. The van der Waals surface area contributed by atoms with Gasteiger partial charge in [-0.1, -0.05) is 25.5 Å². The summed E-state index contributed by atoms with van der Waals surface area (Å²) < 4.78 is 10.4. The van der Waals surface area contributed by atoms with Crippen LogP contribution in [-0.4, -0.2) is 119 Å². The SMILES string of the molecule is CC[C@@H](CCCCNC(=O)[C@@H](CCNC(=O)c1ccc2c(c1)B(O)OC2)NC(=O)c1ccc2c(c1)B(O)OC2)C(=O)N1CCC[C@H]1C(=O)N[C@H](C(=O)O)[C@@H](C)O. The largest absolute Gasteiger partial charge is 0.491 e. The molecule has 2 aromatic rings. The number of nitrogens with one attached hydrogen (secondary N) is 4. The number of hydrogen-bond donors (Lipinski definition) is 8. The maximum atomic E-state index is 13.5. The topological polar surface area (TPSA) is 253 Å². The van der Waals surface area contributed by atoms with Crippen LogP contribution in [0.25, 0.3) is 0 Å². The third-order valence-electron chi connectivity index (χ3n) is 10.5. The Labute approximate surface area is 325 Å². The number of fused-ring (bicyclic) bond motifs is 2. The first-order valence-corrected chi connectivity index (χ1v) is 19.0. The maximum Gasteiger partial charge on any atom is 0.491 e. The summed E-state index contributed by atoms with van der Waals surface area (Å²) in [5.74, 6) is -4.09. The summed E-state index contributed by atoms with van der Waals surface area (Å²) in [6, 6.07) is 6.24. The standard InChI is InChI=1S/C37H49B2N5O12/c1-3-22(36(50)44-16-6-8-30(44)35(49)43-31(21(2)45)37(51)52)7-4-5-14-40-34(48)29(42-33(47)24-10-12-26-20-56-39(54)28(26)18-24)13-15-41-32(46)23-9-11-25-19-55-38(53)27(25)17-23/h9-12,17-18,21-22,29-31,45,53-54H,3-8,13-16,19-20H2,1-2H3,(H,40,48)(H,41,46)(H,42,47)(H,43,49)(H,51,52)/t21-,22+,29-,30+,31+/m1/s1. The van der Waals surface area contributed by atoms with Gasteiger partial charge in [0.25, 0.3) is 11.8 Å². The molecule has 0 aromatic heterocycles. The third-order valence-corrected chi connectivity index (χ3v) is 10.5. The van der Waals surface area contributed by atoms with Crippen LogP contribution in [0.2, 0.25) is 0 Å². The first kappa shape index (κ1) is 42.3. The summed E-state index contributed by atoms with van der Waals surface area (Å²) in [7, 11) is -2.28. The minimum absolute atomic E-state index is 0.0237. The molecule has 56 heavy (non-hydrogen) atoms. The summed E-state index contributed by atoms with van der Waals surface area (Å²) in [6.07, 6.45) is 1.73. The van der Waals surface area contributed by atoms with E-state index in [1.807, 2.05) is 6.92 Å². The highest BCUT2D eigenvalue weighted by Gasteiger charge is 2.39. The second-order valence-electron chi connectivity index (χ2n) is 14.4. The van der Waals surface area contributed by atoms with Crippen LogP contribution in [0, 0.1) is 5.92 Å². The van der Waals surface area contributed by atoms with Crippen LogP contribution >= 0.6 is 0 Å². The van der Waals surface area contributed by atoms with Crippen molar-refractivity contribution in [3.05, 3.63) is 58.7 Å². The van der Waals surface area contributed by atoms with E-state index in [0.717, 1.165) is 11.1 Å². The molecule has 17 nitrogen and oxygen atoms in total. The van der Waals surface area contributed by atoms with Crippen molar-refractivity contribution < 1.29 is 58.3 Å². The molecule has 0 spiro atoms. The quantitative estimate of drug-likeness (QED) is 0.0623. The minimum atomic E-state index is -1.49. The molecule has 8 N–H and O–H groups in total. The average Bonchev–Trinajstić information content (AvgIpc) is 3.92. The molecule has 0 bridgehead atoms. The predicted molar refractivity (Wildman–Crippen MR) is 203 cm³/mol. The van der Waals surface area contributed by atoms with E-state index < -0.39 is 74.0 Å². The summed E-state index contributed by atoms with van der Waals surface area (Å²) in [5, 5.41) is 50.0. The molecule has 3 aliphatic rings. The number of aliphatic carboxylic acids is 1. The summed E-state index contributed by atoms with van der Waals surface area (Å²) in [4.78, 5) is 79.1. The predicted octanol–water partition coefficient (Wildman–Crippen LogP) is -1.71. The van der Waals surface area contributed by atoms with Gasteiger partial charge >= 0.3 is 20.2 Å². The molecule has 2 aromatic carbocycles. The Balaban J connectivity index is 1.14. The molecule has 19 heteroatoms. The number of amides is 5. The zero-order valence-electron chi connectivity index (χ0n) is 31.5. The van der Waals surface area contributed by atoms with Crippen molar-refractivity contribution in [2.75, 3.05) is 19.6 Å². The average molecular weight is 777 g/mol. The zero-order valence-corrected chi connectivity index (χ0v) is 31.5. The van der Waals surface area contributed by atoms with Crippen molar-refractivity contribution in [3.63, 3.8) is 0 Å². The lowest BCUT2D eigenvalue weighted by molar-refractivity contribution is -0.147. The van der Waals surface area contributed by atoms with Crippen molar-refractivity contribution >= 4 is 60.7 Å². The summed E-state index contributed by atoms with van der Waals surface area (Å²) in [6.45, 7) is 4.20. The number of carbonyl (C=O) groups excluding carboxylic acids is 5. The minimum Gasteiger partial charge on any atom is -0.480 e. The molecule has 0 saturated carbocycles. The smallest absolute Gasteiger partial charge is 0.480 e. The molecule has 0 unspecified atom stereocenters. The molecular formula is C37H49B2N5O12. The van der Waals surface area contributed by atoms with Gasteiger partial charge in [0.2, 0.25) is 17.7 Å². The normalized spacial score (nSPS) is 18.0. The Bertz CT molecular complexity index is 1800. The number of likely N-dealkylation sites (tertiary alicyclic amines) is 1. The number of nitrogens with zero attached hydrogens (tertiary/aromatic N) is 1. The van der Waals surface area contributed by atoms with Crippen LogP contribution in [0.3, 0.4) is 0 Å². The Morgan fingerprint density at radius 2 is 1.48 bits per heavy atom. The number of benzene rings is 2. The Kier molecular flexibility index (Phi) is 14.6. The van der Waals surface area contributed by atoms with E-state index in [1.54, 1.807) is 30.3 Å². The van der Waals surface area contributed by atoms with Gasteiger partial charge in [-0.3, -0.25) is 24.0 Å². The van der Waals surface area contributed by atoms with Crippen molar-refractivity contribution in [1.82, 2.24) is 26.2 Å². The second kappa shape index (κ2) is 19.4. The van der Waals surface area contributed by atoms with Crippen LogP contribution in [0.5, 0.6) is 0 Å². The number of carboxylic acids is 1. The summed E-state index contributed by atoms with van der Waals surface area (Å²) >= 11 is 0. The van der Waals surface area contributed by atoms with E-state index in [1.165, 1.54) is 17.9 Å². The number of unbranched alkanes of at least 4 members (excludes halogenated alkanes) is 1. The summed E-state index contributed by atoms with van der Waals surface area (Å²) in [5.41, 5.74) is 3.01. The van der Waals surface area contributed by atoms with Crippen LogP contribution in [0.15, 0.2) is 36.4 Å². The van der Waals surface area contributed by atoms with Crippen LogP contribution in [0.1, 0.15) is 90.6 Å². The first-order chi connectivity index (χ1) is 26.8. The van der Waals surface area contributed by atoms with Gasteiger partial charge < -0.3 is 55.7 Å². The lowest BCUT2D eigenvalue weighted by Crippen LogP contribution is -2.54. The lowest BCUT2D eigenvalue weighted by Gasteiger charge is -2.29. The molecule has 3 heterocycles. The molecule has 1 fully saturated rings. The number of aliphatic hydroxyl groups excluding tert-OH is 1. The molecule has 3 aliphatic heterocycles. The monoisotopic (exact) mass is 777 g/mol. The molecule has 0 radical (unpaired) electrons. The molecule has 300 valence electrons. The number of aliphatic hydroxyl groups is 1. The van der Waals surface area contributed by atoms with E-state index in [9.17, 15) is 49.0 Å². The molecular weight excluding hydrogens is 728 g/mol. The van der Waals surface area contributed by atoms with Gasteiger partial charge in [0, 0.05) is 36.7 Å². The Hall–Kier alpha value is -4.81. The van der Waals surface area contributed by atoms with Gasteiger partial charge in [-0.15, -0.1) is 0 Å². The van der Waals surface area contributed by atoms with Crippen LogP contribution in [-0.2, 0) is 41.7 Å². The van der Waals surface area contributed by atoms with Crippen molar-refractivity contribution in [1.29, 1.82) is 0 Å². The second-order valence-corrected chi connectivity index (χ2v) is 14.4. The van der Waals surface area contributed by atoms with Crippen LogP contribution < -0.4 is 32.2 Å². The third kappa shape index (κ3) is 10.3. The maximum absolute atomic E-state index is 13.5. The fraction of sp³-hybridized carbons (Fsp3) is 0.514. The van der Waals surface area contributed by atoms with Gasteiger partial charge in [0.15, 0.2) is 6.04 Å². The molecule has 0 aliphatic carbocycles. The van der Waals surface area contributed by atoms with Gasteiger partial charge in [-0.05, 0) is 91.8 Å². The van der Waals surface area contributed by atoms with E-state index in [2.05, 4.69) is 21.3 Å². The van der Waals surface area contributed by atoms with Gasteiger partial charge in [-0.25, -0.2) is 4.79 Å². The first-order valence-electron chi connectivity index (χ1n) is 19.0.